The minimum absolute atomic E-state index is 0.458. The number of aliphatic hydroxyl groups excluding tert-OH is 1. The van der Waals surface area contributed by atoms with E-state index in [1.165, 1.54) is 6.33 Å². The summed E-state index contributed by atoms with van der Waals surface area (Å²) < 4.78 is 5.58. The highest BCUT2D eigenvalue weighted by molar-refractivity contribution is 5.27. The Morgan fingerprint density at radius 1 is 1.28 bits per heavy atom. The van der Waals surface area contributed by atoms with Gasteiger partial charge in [0.05, 0.1) is 12.7 Å². The molecule has 18 heavy (non-hydrogen) atoms. The van der Waals surface area contributed by atoms with Crippen LogP contribution in [0.1, 0.15) is 23.7 Å². The van der Waals surface area contributed by atoms with E-state index in [4.69, 9.17) is 4.74 Å². The van der Waals surface area contributed by atoms with Gasteiger partial charge in [-0.25, -0.2) is 9.97 Å². The smallest absolute Gasteiger partial charge is 0.119 e. The molecule has 1 heterocycles. The van der Waals surface area contributed by atoms with E-state index in [0.29, 0.717) is 18.6 Å². The molecule has 2 rings (SSSR count). The molecule has 0 saturated carbocycles. The van der Waals surface area contributed by atoms with Gasteiger partial charge in [-0.15, -0.1) is 0 Å². The van der Waals surface area contributed by atoms with Gasteiger partial charge in [0, 0.05) is 24.4 Å². The Balaban J connectivity index is 1.82. The number of hydrogen-bond acceptors (Lipinski definition) is 4. The maximum atomic E-state index is 9.89. The lowest BCUT2D eigenvalue weighted by molar-refractivity contribution is 0.140. The van der Waals surface area contributed by atoms with Gasteiger partial charge in [-0.05, 0) is 24.6 Å². The van der Waals surface area contributed by atoms with Crippen molar-refractivity contribution < 1.29 is 9.84 Å². The lowest BCUT2D eigenvalue weighted by atomic mass is 10.1. The summed E-state index contributed by atoms with van der Waals surface area (Å²) in [5, 5.41) is 9.89. The fourth-order valence-electron chi connectivity index (χ4n) is 1.64. The lowest BCUT2D eigenvalue weighted by Gasteiger charge is -2.11. The summed E-state index contributed by atoms with van der Waals surface area (Å²) >= 11 is 0. The van der Waals surface area contributed by atoms with Crippen LogP contribution in [0.3, 0.4) is 0 Å². The predicted octanol–water partition coefficient (Wildman–Crippen LogP) is 2.29. The van der Waals surface area contributed by atoms with Gasteiger partial charge in [0.15, 0.2) is 0 Å². The summed E-state index contributed by atoms with van der Waals surface area (Å²) in [6.45, 7) is 2.47. The zero-order valence-electron chi connectivity index (χ0n) is 10.3. The van der Waals surface area contributed by atoms with Crippen LogP contribution in [-0.4, -0.2) is 21.7 Å². The van der Waals surface area contributed by atoms with Gasteiger partial charge in [-0.3, -0.25) is 0 Å². The third-order valence-corrected chi connectivity index (χ3v) is 2.61. The highest BCUT2D eigenvalue weighted by Crippen LogP contribution is 2.16. The van der Waals surface area contributed by atoms with Crippen LogP contribution in [0, 0.1) is 6.92 Å². The van der Waals surface area contributed by atoms with Gasteiger partial charge in [0.1, 0.15) is 12.1 Å². The van der Waals surface area contributed by atoms with Crippen LogP contribution in [0.4, 0.5) is 0 Å². The molecule has 4 nitrogen and oxygen atoms in total. The number of aromatic nitrogens is 2. The molecule has 94 valence electrons. The summed E-state index contributed by atoms with van der Waals surface area (Å²) in [4.78, 5) is 7.74. The number of nitrogens with zero attached hydrogens (tertiary/aromatic N) is 2. The molecule has 1 aromatic heterocycles. The summed E-state index contributed by atoms with van der Waals surface area (Å²) in [7, 11) is 0. The van der Waals surface area contributed by atoms with Crippen LogP contribution in [0.25, 0.3) is 0 Å². The Kier molecular flexibility index (Phi) is 4.25. The molecular weight excluding hydrogens is 228 g/mol. The van der Waals surface area contributed by atoms with E-state index in [9.17, 15) is 5.11 Å². The zero-order valence-corrected chi connectivity index (χ0v) is 10.3. The average molecular weight is 244 g/mol. The molecule has 1 N–H and O–H groups in total. The van der Waals surface area contributed by atoms with Crippen molar-refractivity contribution in [3.05, 3.63) is 54.1 Å². The number of rotatable bonds is 5. The molecule has 0 aliphatic rings. The lowest BCUT2D eigenvalue weighted by Crippen LogP contribution is -2.06. The van der Waals surface area contributed by atoms with E-state index in [1.807, 2.05) is 31.2 Å². The van der Waals surface area contributed by atoms with Crippen molar-refractivity contribution in [2.24, 2.45) is 0 Å². The molecular formula is C14H16N2O2. The van der Waals surface area contributed by atoms with Gasteiger partial charge >= 0.3 is 0 Å². The first-order valence-corrected chi connectivity index (χ1v) is 5.88. The predicted molar refractivity (Wildman–Crippen MR) is 68.3 cm³/mol. The second-order valence-electron chi connectivity index (χ2n) is 4.14. The standard InChI is InChI=1S/C14H16N2O2/c1-11-3-2-4-13(7-11)18-6-5-14(17)12-8-15-10-16-9-12/h2-4,7-10,14,17H,5-6H2,1H3. The van der Waals surface area contributed by atoms with Crippen LogP contribution in [0.5, 0.6) is 5.75 Å². The molecule has 0 fully saturated rings. The average Bonchev–Trinajstić information content (AvgIpc) is 2.40. The minimum atomic E-state index is -0.587. The van der Waals surface area contributed by atoms with E-state index in [0.717, 1.165) is 11.3 Å². The fourth-order valence-corrected chi connectivity index (χ4v) is 1.64. The maximum Gasteiger partial charge on any atom is 0.119 e. The molecule has 0 amide bonds. The van der Waals surface area contributed by atoms with E-state index in [2.05, 4.69) is 9.97 Å². The monoisotopic (exact) mass is 244 g/mol. The van der Waals surface area contributed by atoms with Gasteiger partial charge in [-0.2, -0.15) is 0 Å². The van der Waals surface area contributed by atoms with Gasteiger partial charge in [0.2, 0.25) is 0 Å². The second kappa shape index (κ2) is 6.12. The highest BCUT2D eigenvalue weighted by atomic mass is 16.5. The first-order chi connectivity index (χ1) is 8.75. The molecule has 0 radical (unpaired) electrons. The van der Waals surface area contributed by atoms with Crippen molar-refractivity contribution in [2.45, 2.75) is 19.4 Å². The molecule has 4 heteroatoms. The Labute approximate surface area is 106 Å². The van der Waals surface area contributed by atoms with Crippen LogP contribution in [0.15, 0.2) is 43.0 Å². The summed E-state index contributed by atoms with van der Waals surface area (Å²) in [5.41, 5.74) is 1.87. The Bertz CT molecular complexity index is 488. The van der Waals surface area contributed by atoms with Crippen molar-refractivity contribution in [1.29, 1.82) is 0 Å². The molecule has 0 aliphatic carbocycles. The summed E-state index contributed by atoms with van der Waals surface area (Å²) in [6, 6.07) is 7.85. The van der Waals surface area contributed by atoms with Gasteiger partial charge < -0.3 is 9.84 Å². The van der Waals surface area contributed by atoms with Crippen LogP contribution in [0.2, 0.25) is 0 Å². The quantitative estimate of drug-likeness (QED) is 0.876. The third-order valence-electron chi connectivity index (χ3n) is 2.61. The molecule has 1 atom stereocenters. The topological polar surface area (TPSA) is 55.2 Å². The van der Waals surface area contributed by atoms with Crippen molar-refractivity contribution in [3.8, 4) is 5.75 Å². The largest absolute Gasteiger partial charge is 0.493 e. The number of aryl methyl sites for hydroxylation is 1. The van der Waals surface area contributed by atoms with E-state index >= 15 is 0 Å². The molecule has 1 aromatic carbocycles. The molecule has 0 spiro atoms. The van der Waals surface area contributed by atoms with Crippen molar-refractivity contribution >= 4 is 0 Å². The number of aliphatic hydroxyl groups is 1. The molecule has 0 aliphatic heterocycles. The van der Waals surface area contributed by atoms with Crippen LogP contribution >= 0.6 is 0 Å². The first kappa shape index (κ1) is 12.5. The van der Waals surface area contributed by atoms with Crippen molar-refractivity contribution in [3.63, 3.8) is 0 Å². The van der Waals surface area contributed by atoms with Crippen LogP contribution in [-0.2, 0) is 0 Å². The SMILES string of the molecule is Cc1cccc(OCCC(O)c2cncnc2)c1. The molecule has 0 bridgehead atoms. The summed E-state index contributed by atoms with van der Waals surface area (Å²) in [6.07, 6.45) is 4.60. The normalized spacial score (nSPS) is 12.1. The Morgan fingerprint density at radius 3 is 2.78 bits per heavy atom. The van der Waals surface area contributed by atoms with E-state index in [-0.39, 0.29) is 0 Å². The second-order valence-corrected chi connectivity index (χ2v) is 4.14. The third kappa shape index (κ3) is 3.53. The van der Waals surface area contributed by atoms with Gasteiger partial charge in [0.25, 0.3) is 0 Å². The van der Waals surface area contributed by atoms with Crippen LogP contribution < -0.4 is 4.74 Å². The molecule has 0 saturated heterocycles. The first-order valence-electron chi connectivity index (χ1n) is 5.88. The van der Waals surface area contributed by atoms with Gasteiger partial charge in [-0.1, -0.05) is 12.1 Å². The van der Waals surface area contributed by atoms with E-state index in [1.54, 1.807) is 12.4 Å². The maximum absolute atomic E-state index is 9.89. The highest BCUT2D eigenvalue weighted by Gasteiger charge is 2.07. The number of ether oxygens (including phenoxy) is 1. The van der Waals surface area contributed by atoms with Crippen molar-refractivity contribution in [1.82, 2.24) is 9.97 Å². The number of benzene rings is 1. The molecule has 2 aromatic rings. The minimum Gasteiger partial charge on any atom is -0.493 e. The molecule has 1 unspecified atom stereocenters. The zero-order chi connectivity index (χ0) is 12.8. The fraction of sp³-hybridized carbons (Fsp3) is 0.286. The Hall–Kier alpha value is -1.94. The summed E-state index contributed by atoms with van der Waals surface area (Å²) in [5.74, 6) is 0.825. The number of hydrogen-bond donors (Lipinski definition) is 1. The Morgan fingerprint density at radius 2 is 2.06 bits per heavy atom. The van der Waals surface area contributed by atoms with Crippen molar-refractivity contribution in [2.75, 3.05) is 6.61 Å². The van der Waals surface area contributed by atoms with E-state index < -0.39 is 6.10 Å².